The molecule has 2 heterocycles. The number of anilines is 2. The normalized spacial score (nSPS) is 13.8. The van der Waals surface area contributed by atoms with Crippen LogP contribution in [0.2, 0.25) is 0 Å². The third-order valence-corrected chi connectivity index (χ3v) is 6.16. The van der Waals surface area contributed by atoms with Gasteiger partial charge in [0.05, 0.1) is 46.9 Å². The van der Waals surface area contributed by atoms with Gasteiger partial charge >= 0.3 is 5.97 Å². The number of carbonyl (C=O) groups is 2. The molecule has 0 saturated carbocycles. The zero-order valence-electron chi connectivity index (χ0n) is 19.6. The number of halogens is 1. The zero-order valence-corrected chi connectivity index (χ0v) is 19.6. The number of nitrogens with zero attached hydrogens (tertiary/aromatic N) is 4. The second-order valence-electron chi connectivity index (χ2n) is 8.34. The summed E-state index contributed by atoms with van der Waals surface area (Å²) < 4.78 is 19.9. The number of amides is 1. The average Bonchev–Trinajstić information content (AvgIpc) is 3.26. The Bertz CT molecular complexity index is 1270. The number of ether oxygens (including phenoxy) is 1. The highest BCUT2D eigenvalue weighted by Crippen LogP contribution is 2.29. The van der Waals surface area contributed by atoms with E-state index in [0.717, 1.165) is 5.69 Å². The van der Waals surface area contributed by atoms with Crippen LogP contribution in [0.4, 0.5) is 15.8 Å². The molecule has 1 fully saturated rings. The van der Waals surface area contributed by atoms with E-state index in [-0.39, 0.29) is 23.6 Å². The van der Waals surface area contributed by atoms with E-state index in [1.807, 2.05) is 6.07 Å². The van der Waals surface area contributed by atoms with Crippen molar-refractivity contribution in [3.05, 3.63) is 71.3 Å². The highest BCUT2D eigenvalue weighted by molar-refractivity contribution is 6.05. The highest BCUT2D eigenvalue weighted by Gasteiger charge is 2.27. The summed E-state index contributed by atoms with van der Waals surface area (Å²) in [5.41, 5.74) is 3.33. The molecule has 1 aromatic heterocycles. The molecular weight excluding hydrogens is 449 g/mol. The average molecular weight is 476 g/mol. The van der Waals surface area contributed by atoms with Crippen LogP contribution in [0.25, 0.3) is 5.69 Å². The molecule has 3 aromatic rings. The lowest BCUT2D eigenvalue weighted by molar-refractivity contribution is -0.148. The molecule has 1 aliphatic rings. The van der Waals surface area contributed by atoms with Crippen molar-refractivity contribution < 1.29 is 18.7 Å². The first-order valence-electron chi connectivity index (χ1n) is 11.5. The van der Waals surface area contributed by atoms with Crippen molar-refractivity contribution in [2.75, 3.05) is 29.9 Å². The van der Waals surface area contributed by atoms with E-state index < -0.39 is 0 Å². The lowest BCUT2D eigenvalue weighted by Crippen LogP contribution is -2.37. The van der Waals surface area contributed by atoms with Crippen LogP contribution in [0.5, 0.6) is 0 Å². The third-order valence-electron chi connectivity index (χ3n) is 6.16. The summed E-state index contributed by atoms with van der Waals surface area (Å²) in [4.78, 5) is 27.0. The SMILES string of the molecule is CCOC(=O)C1CCN(c2ccc(NC(=O)c3cnn(-c4ccc(F)cc4)c3C)cc2C#N)CC1. The number of carbonyl (C=O) groups excluding carboxylic acids is 2. The van der Waals surface area contributed by atoms with Crippen molar-refractivity contribution in [1.29, 1.82) is 5.26 Å². The molecule has 4 rings (SSSR count). The number of nitrogens with one attached hydrogen (secondary N) is 1. The number of esters is 1. The van der Waals surface area contributed by atoms with Crippen LogP contribution in [0, 0.1) is 30.0 Å². The number of benzene rings is 2. The summed E-state index contributed by atoms with van der Waals surface area (Å²) in [6, 6.07) is 13.3. The van der Waals surface area contributed by atoms with Gasteiger partial charge in [0.2, 0.25) is 0 Å². The molecule has 1 N–H and O–H groups in total. The Morgan fingerprint density at radius 1 is 1.20 bits per heavy atom. The number of hydrogen-bond donors (Lipinski definition) is 1. The zero-order chi connectivity index (χ0) is 24.9. The maximum atomic E-state index is 13.2. The largest absolute Gasteiger partial charge is 0.466 e. The van der Waals surface area contributed by atoms with Gasteiger partial charge in [-0.3, -0.25) is 9.59 Å². The number of piperidine rings is 1. The maximum absolute atomic E-state index is 13.2. The summed E-state index contributed by atoms with van der Waals surface area (Å²) >= 11 is 0. The molecule has 2 aromatic carbocycles. The Morgan fingerprint density at radius 3 is 2.57 bits per heavy atom. The Hall–Kier alpha value is -4.19. The molecule has 0 atom stereocenters. The van der Waals surface area contributed by atoms with E-state index in [2.05, 4.69) is 21.4 Å². The van der Waals surface area contributed by atoms with Gasteiger partial charge in [-0.15, -0.1) is 0 Å². The van der Waals surface area contributed by atoms with Crippen molar-refractivity contribution in [2.45, 2.75) is 26.7 Å². The number of rotatable bonds is 6. The minimum absolute atomic E-state index is 0.116. The summed E-state index contributed by atoms with van der Waals surface area (Å²) in [5.74, 6) is -0.988. The van der Waals surface area contributed by atoms with Crippen molar-refractivity contribution >= 4 is 23.3 Å². The minimum Gasteiger partial charge on any atom is -0.466 e. The van der Waals surface area contributed by atoms with Crippen LogP contribution >= 0.6 is 0 Å². The smallest absolute Gasteiger partial charge is 0.309 e. The van der Waals surface area contributed by atoms with Gasteiger partial charge in [0.1, 0.15) is 11.9 Å². The first-order valence-corrected chi connectivity index (χ1v) is 11.5. The Balaban J connectivity index is 1.46. The monoisotopic (exact) mass is 475 g/mol. The van der Waals surface area contributed by atoms with Gasteiger partial charge < -0.3 is 15.0 Å². The van der Waals surface area contributed by atoms with Gasteiger partial charge in [-0.05, 0) is 69.2 Å². The second kappa shape index (κ2) is 10.4. The summed E-state index contributed by atoms with van der Waals surface area (Å²) in [6.07, 6.45) is 2.79. The Morgan fingerprint density at radius 2 is 1.91 bits per heavy atom. The quantitative estimate of drug-likeness (QED) is 0.536. The maximum Gasteiger partial charge on any atom is 0.309 e. The molecule has 1 amide bonds. The molecule has 0 bridgehead atoms. The predicted molar refractivity (Wildman–Crippen MR) is 129 cm³/mol. The molecule has 0 aliphatic carbocycles. The lowest BCUT2D eigenvalue weighted by Gasteiger charge is -2.33. The van der Waals surface area contributed by atoms with Gasteiger partial charge in [0.15, 0.2) is 0 Å². The van der Waals surface area contributed by atoms with Crippen molar-refractivity contribution in [3.8, 4) is 11.8 Å². The number of nitriles is 1. The van der Waals surface area contributed by atoms with Gasteiger partial charge in [-0.2, -0.15) is 10.4 Å². The fourth-order valence-corrected chi connectivity index (χ4v) is 4.27. The van der Waals surface area contributed by atoms with Crippen LogP contribution in [0.3, 0.4) is 0 Å². The van der Waals surface area contributed by atoms with Crippen molar-refractivity contribution in [2.24, 2.45) is 5.92 Å². The van der Waals surface area contributed by atoms with E-state index in [1.165, 1.54) is 18.3 Å². The van der Waals surface area contributed by atoms with Gasteiger partial charge in [0, 0.05) is 18.8 Å². The van der Waals surface area contributed by atoms with Crippen LogP contribution in [-0.4, -0.2) is 41.4 Å². The predicted octanol–water partition coefficient (Wildman–Crippen LogP) is 4.22. The topological polar surface area (TPSA) is 100 Å². The summed E-state index contributed by atoms with van der Waals surface area (Å²) in [6.45, 7) is 5.22. The van der Waals surface area contributed by atoms with Crippen LogP contribution in [0.1, 0.15) is 41.4 Å². The molecule has 0 radical (unpaired) electrons. The molecule has 35 heavy (non-hydrogen) atoms. The molecule has 1 saturated heterocycles. The van der Waals surface area contributed by atoms with E-state index >= 15 is 0 Å². The van der Waals surface area contributed by atoms with Gasteiger partial charge in [-0.1, -0.05) is 0 Å². The Labute approximate surface area is 202 Å². The number of aromatic nitrogens is 2. The fraction of sp³-hybridized carbons (Fsp3) is 0.308. The first-order chi connectivity index (χ1) is 16.9. The lowest BCUT2D eigenvalue weighted by atomic mass is 9.96. The summed E-state index contributed by atoms with van der Waals surface area (Å²) in [7, 11) is 0. The van der Waals surface area contributed by atoms with Crippen molar-refractivity contribution in [1.82, 2.24) is 9.78 Å². The Kier molecular flexibility index (Phi) is 7.11. The molecule has 8 nitrogen and oxygen atoms in total. The molecule has 180 valence electrons. The van der Waals surface area contributed by atoms with Crippen LogP contribution < -0.4 is 10.2 Å². The van der Waals surface area contributed by atoms with E-state index in [9.17, 15) is 19.2 Å². The van der Waals surface area contributed by atoms with Gasteiger partial charge in [-0.25, -0.2) is 9.07 Å². The van der Waals surface area contributed by atoms with Crippen LogP contribution in [0.15, 0.2) is 48.7 Å². The first kappa shape index (κ1) is 24.0. The minimum atomic E-state index is -0.359. The molecule has 9 heteroatoms. The highest BCUT2D eigenvalue weighted by atomic mass is 19.1. The van der Waals surface area contributed by atoms with E-state index in [4.69, 9.17) is 4.74 Å². The summed E-state index contributed by atoms with van der Waals surface area (Å²) in [5, 5.41) is 16.8. The van der Waals surface area contributed by atoms with Crippen molar-refractivity contribution in [3.63, 3.8) is 0 Å². The standard InChI is InChI=1S/C26H26FN5O3/c1-3-35-26(34)18-10-12-31(13-11-18)24-9-6-21(14-19(24)15-28)30-25(33)23-16-29-32(17(23)2)22-7-4-20(27)5-8-22/h4-9,14,16,18H,3,10-13H2,1-2H3,(H,30,33). The molecule has 0 unspecified atom stereocenters. The van der Waals surface area contributed by atoms with E-state index in [0.29, 0.717) is 60.7 Å². The fourth-order valence-electron chi connectivity index (χ4n) is 4.27. The second-order valence-corrected chi connectivity index (χ2v) is 8.34. The molecule has 0 spiro atoms. The van der Waals surface area contributed by atoms with Crippen LogP contribution in [-0.2, 0) is 9.53 Å². The number of hydrogen-bond acceptors (Lipinski definition) is 6. The van der Waals surface area contributed by atoms with E-state index in [1.54, 1.807) is 42.8 Å². The van der Waals surface area contributed by atoms with Gasteiger partial charge in [0.25, 0.3) is 5.91 Å². The molecule has 1 aliphatic heterocycles. The molecular formula is C26H26FN5O3. The third kappa shape index (κ3) is 5.17.